The van der Waals surface area contributed by atoms with Crippen molar-refractivity contribution >= 4 is 11.6 Å². The van der Waals surface area contributed by atoms with E-state index in [1.54, 1.807) is 4.90 Å². The number of para-hydroxylation sites is 1. The molecule has 0 aromatic heterocycles. The first-order valence-electron chi connectivity index (χ1n) is 8.80. The van der Waals surface area contributed by atoms with Gasteiger partial charge in [0.2, 0.25) is 0 Å². The van der Waals surface area contributed by atoms with Crippen molar-refractivity contribution in [1.29, 1.82) is 0 Å². The molecule has 2 aromatic rings. The van der Waals surface area contributed by atoms with Crippen LogP contribution in [-0.4, -0.2) is 48.3 Å². The topological polar surface area (TPSA) is 85.0 Å². The first-order valence-corrected chi connectivity index (χ1v) is 8.80. The maximum absolute atomic E-state index is 13.0. The SMILES string of the molecule is Nc1ccc(O)cc1C(=O)N(CCOc1ccccc1)CC1CCCO1. The van der Waals surface area contributed by atoms with E-state index in [-0.39, 0.29) is 17.8 Å². The minimum atomic E-state index is -0.231. The van der Waals surface area contributed by atoms with Gasteiger partial charge in [-0.05, 0) is 43.2 Å². The number of benzene rings is 2. The van der Waals surface area contributed by atoms with Crippen LogP contribution in [0.5, 0.6) is 11.5 Å². The number of carbonyl (C=O) groups excluding carboxylic acids is 1. The van der Waals surface area contributed by atoms with Crippen LogP contribution >= 0.6 is 0 Å². The molecule has 1 unspecified atom stereocenters. The van der Waals surface area contributed by atoms with Crippen LogP contribution in [0.3, 0.4) is 0 Å². The number of carbonyl (C=O) groups is 1. The van der Waals surface area contributed by atoms with E-state index in [1.165, 1.54) is 18.2 Å². The van der Waals surface area contributed by atoms with Crippen molar-refractivity contribution in [3.8, 4) is 11.5 Å². The Labute approximate surface area is 153 Å². The zero-order valence-corrected chi connectivity index (χ0v) is 14.6. The van der Waals surface area contributed by atoms with E-state index in [2.05, 4.69) is 0 Å². The molecule has 1 amide bonds. The van der Waals surface area contributed by atoms with Gasteiger partial charge in [-0.15, -0.1) is 0 Å². The van der Waals surface area contributed by atoms with Crippen LogP contribution in [0.2, 0.25) is 0 Å². The molecule has 6 heteroatoms. The molecule has 0 bridgehead atoms. The number of amides is 1. The minimum Gasteiger partial charge on any atom is -0.508 e. The van der Waals surface area contributed by atoms with Gasteiger partial charge in [0.15, 0.2) is 0 Å². The second kappa shape index (κ2) is 8.58. The van der Waals surface area contributed by atoms with Gasteiger partial charge >= 0.3 is 0 Å². The number of phenolic OH excluding ortho intramolecular Hbond substituents is 1. The molecule has 1 atom stereocenters. The number of nitrogens with zero attached hydrogens (tertiary/aromatic N) is 1. The Morgan fingerprint density at radius 1 is 1.27 bits per heavy atom. The molecule has 3 N–H and O–H groups in total. The first-order chi connectivity index (χ1) is 12.6. The van der Waals surface area contributed by atoms with Gasteiger partial charge in [0.05, 0.1) is 18.2 Å². The lowest BCUT2D eigenvalue weighted by atomic mass is 10.1. The molecule has 6 nitrogen and oxygen atoms in total. The molecule has 26 heavy (non-hydrogen) atoms. The van der Waals surface area contributed by atoms with E-state index >= 15 is 0 Å². The largest absolute Gasteiger partial charge is 0.508 e. The standard InChI is InChI=1S/C20H24N2O4/c21-19-9-8-15(23)13-18(19)20(24)22(14-17-7-4-11-25-17)10-12-26-16-5-2-1-3-6-16/h1-3,5-6,8-9,13,17,23H,4,7,10-12,14,21H2. The average Bonchev–Trinajstić information content (AvgIpc) is 3.16. The van der Waals surface area contributed by atoms with Crippen LogP contribution in [0.15, 0.2) is 48.5 Å². The lowest BCUT2D eigenvalue weighted by molar-refractivity contribution is 0.0494. The highest BCUT2D eigenvalue weighted by Gasteiger charge is 2.24. The Kier molecular flexibility index (Phi) is 5.96. The lowest BCUT2D eigenvalue weighted by Crippen LogP contribution is -2.40. The van der Waals surface area contributed by atoms with Crippen molar-refractivity contribution in [1.82, 2.24) is 4.90 Å². The molecule has 1 fully saturated rings. The number of anilines is 1. The van der Waals surface area contributed by atoms with Crippen LogP contribution in [0, 0.1) is 0 Å². The fourth-order valence-electron chi connectivity index (χ4n) is 3.00. The molecule has 3 rings (SSSR count). The van der Waals surface area contributed by atoms with E-state index < -0.39 is 0 Å². The van der Waals surface area contributed by atoms with Crippen LogP contribution in [-0.2, 0) is 4.74 Å². The van der Waals surface area contributed by atoms with Gasteiger partial charge in [-0.25, -0.2) is 0 Å². The van der Waals surface area contributed by atoms with E-state index in [9.17, 15) is 9.90 Å². The summed E-state index contributed by atoms with van der Waals surface area (Å²) >= 11 is 0. The van der Waals surface area contributed by atoms with Crippen molar-refractivity contribution in [2.75, 3.05) is 32.0 Å². The molecule has 1 aliphatic rings. The Balaban J connectivity index is 1.69. The predicted octanol–water partition coefficient (Wildman–Crippen LogP) is 2.67. The Morgan fingerprint density at radius 2 is 2.08 bits per heavy atom. The van der Waals surface area contributed by atoms with Gasteiger partial charge in [-0.3, -0.25) is 4.79 Å². The van der Waals surface area contributed by atoms with Gasteiger partial charge in [-0.1, -0.05) is 18.2 Å². The molecule has 0 saturated carbocycles. The number of rotatable bonds is 7. The van der Waals surface area contributed by atoms with E-state index in [1.807, 2.05) is 30.3 Å². The number of hydrogen-bond acceptors (Lipinski definition) is 5. The minimum absolute atomic E-state index is 0.0140. The third-order valence-corrected chi connectivity index (χ3v) is 4.38. The lowest BCUT2D eigenvalue weighted by Gasteiger charge is -2.26. The second-order valence-electron chi connectivity index (χ2n) is 6.32. The van der Waals surface area contributed by atoms with Crippen LogP contribution in [0.4, 0.5) is 5.69 Å². The summed E-state index contributed by atoms with van der Waals surface area (Å²) < 4.78 is 11.4. The molecule has 0 radical (unpaired) electrons. The van der Waals surface area contributed by atoms with Gasteiger partial charge in [0.25, 0.3) is 5.91 Å². The van der Waals surface area contributed by atoms with Crippen molar-refractivity contribution < 1.29 is 19.4 Å². The number of nitrogens with two attached hydrogens (primary N) is 1. The van der Waals surface area contributed by atoms with Crippen molar-refractivity contribution in [2.45, 2.75) is 18.9 Å². The Bertz CT molecular complexity index is 730. The normalized spacial score (nSPS) is 16.4. The highest BCUT2D eigenvalue weighted by Crippen LogP contribution is 2.22. The zero-order chi connectivity index (χ0) is 18.4. The highest BCUT2D eigenvalue weighted by molar-refractivity contribution is 5.99. The smallest absolute Gasteiger partial charge is 0.256 e. The Morgan fingerprint density at radius 3 is 2.81 bits per heavy atom. The summed E-state index contributed by atoms with van der Waals surface area (Å²) in [5.74, 6) is 0.541. The third-order valence-electron chi connectivity index (χ3n) is 4.38. The number of aromatic hydroxyl groups is 1. The van der Waals surface area contributed by atoms with Crippen LogP contribution in [0.25, 0.3) is 0 Å². The summed E-state index contributed by atoms with van der Waals surface area (Å²) in [6, 6.07) is 13.9. The molecule has 2 aromatic carbocycles. The van der Waals surface area contributed by atoms with Gasteiger partial charge in [-0.2, -0.15) is 0 Å². The van der Waals surface area contributed by atoms with E-state index in [0.29, 0.717) is 30.9 Å². The summed E-state index contributed by atoms with van der Waals surface area (Å²) in [6.07, 6.45) is 1.95. The summed E-state index contributed by atoms with van der Waals surface area (Å²) in [6.45, 7) is 1.97. The number of nitrogen functional groups attached to an aromatic ring is 1. The maximum Gasteiger partial charge on any atom is 0.256 e. The molecule has 1 heterocycles. The van der Waals surface area contributed by atoms with Crippen molar-refractivity contribution in [3.63, 3.8) is 0 Å². The van der Waals surface area contributed by atoms with Crippen molar-refractivity contribution in [2.24, 2.45) is 0 Å². The number of phenols is 1. The summed E-state index contributed by atoms with van der Waals surface area (Å²) in [7, 11) is 0. The molecule has 1 aliphatic heterocycles. The average molecular weight is 356 g/mol. The fourth-order valence-corrected chi connectivity index (χ4v) is 3.00. The predicted molar refractivity (Wildman–Crippen MR) is 99.3 cm³/mol. The number of ether oxygens (including phenoxy) is 2. The van der Waals surface area contributed by atoms with Crippen molar-refractivity contribution in [3.05, 3.63) is 54.1 Å². The van der Waals surface area contributed by atoms with Crippen LogP contribution in [0.1, 0.15) is 23.2 Å². The summed E-state index contributed by atoms with van der Waals surface area (Å²) in [5, 5.41) is 9.70. The van der Waals surface area contributed by atoms with Crippen LogP contribution < -0.4 is 10.5 Å². The first kappa shape index (κ1) is 18.1. The Hall–Kier alpha value is -2.73. The van der Waals surface area contributed by atoms with E-state index in [0.717, 1.165) is 25.2 Å². The summed E-state index contributed by atoms with van der Waals surface area (Å²) in [5.41, 5.74) is 6.57. The molecule has 0 spiro atoms. The highest BCUT2D eigenvalue weighted by atomic mass is 16.5. The van der Waals surface area contributed by atoms with Gasteiger partial charge in [0.1, 0.15) is 18.1 Å². The molecular formula is C20H24N2O4. The van der Waals surface area contributed by atoms with Gasteiger partial charge in [0, 0.05) is 18.8 Å². The monoisotopic (exact) mass is 356 g/mol. The second-order valence-corrected chi connectivity index (χ2v) is 6.32. The van der Waals surface area contributed by atoms with Gasteiger partial charge < -0.3 is 25.2 Å². The number of hydrogen-bond donors (Lipinski definition) is 2. The quantitative estimate of drug-likeness (QED) is 0.588. The molecule has 1 saturated heterocycles. The summed E-state index contributed by atoms with van der Waals surface area (Å²) in [4.78, 5) is 14.7. The fraction of sp³-hybridized carbons (Fsp3) is 0.350. The molecular weight excluding hydrogens is 332 g/mol. The van der Waals surface area contributed by atoms with E-state index in [4.69, 9.17) is 15.2 Å². The zero-order valence-electron chi connectivity index (χ0n) is 14.6. The maximum atomic E-state index is 13.0. The third kappa shape index (κ3) is 4.67. The molecule has 138 valence electrons. The molecule has 0 aliphatic carbocycles.